The van der Waals surface area contributed by atoms with E-state index in [1.807, 2.05) is 30.3 Å². The van der Waals surface area contributed by atoms with E-state index in [1.165, 1.54) is 20.3 Å². The number of hydrogen-bond donors (Lipinski definition) is 0. The quantitative estimate of drug-likeness (QED) is 0.530. The fourth-order valence-electron chi connectivity index (χ4n) is 4.49. The summed E-state index contributed by atoms with van der Waals surface area (Å²) in [6.07, 6.45) is -4.58. The van der Waals surface area contributed by atoms with Crippen LogP contribution in [0.2, 0.25) is 0 Å². The molecule has 3 aromatic rings. The Kier molecular flexibility index (Phi) is 4.77. The molecule has 5 heteroatoms. The molecule has 0 amide bonds. The Morgan fingerprint density at radius 2 is 1.38 bits per heavy atom. The number of methoxy groups -OCH3 is 2. The third-order valence-electron chi connectivity index (χ3n) is 5.85. The van der Waals surface area contributed by atoms with Gasteiger partial charge in [0.1, 0.15) is 5.41 Å². The van der Waals surface area contributed by atoms with Gasteiger partial charge in [-0.25, -0.2) is 0 Å². The van der Waals surface area contributed by atoms with Crippen LogP contribution in [-0.2, 0) is 5.41 Å². The maximum Gasteiger partial charge on any atom is 0.402 e. The predicted octanol–water partition coefficient (Wildman–Crippen LogP) is 6.09. The van der Waals surface area contributed by atoms with Gasteiger partial charge in [-0.1, -0.05) is 60.7 Å². The Bertz CT molecular complexity index is 1000. The lowest BCUT2D eigenvalue weighted by Gasteiger charge is -2.34. The lowest BCUT2D eigenvalue weighted by atomic mass is 9.74. The van der Waals surface area contributed by atoms with Crippen molar-refractivity contribution in [2.24, 2.45) is 0 Å². The average molecular weight is 398 g/mol. The van der Waals surface area contributed by atoms with Crippen molar-refractivity contribution < 1.29 is 22.6 Å². The first kappa shape index (κ1) is 19.4. The molecule has 0 heterocycles. The molecule has 1 aliphatic carbocycles. The fourth-order valence-corrected chi connectivity index (χ4v) is 4.49. The zero-order valence-electron chi connectivity index (χ0n) is 16.2. The first-order valence-electron chi connectivity index (χ1n) is 9.36. The van der Waals surface area contributed by atoms with Crippen LogP contribution >= 0.6 is 0 Å². The predicted molar refractivity (Wildman–Crippen MR) is 106 cm³/mol. The van der Waals surface area contributed by atoms with Crippen LogP contribution in [0.25, 0.3) is 0 Å². The van der Waals surface area contributed by atoms with Crippen molar-refractivity contribution in [2.75, 3.05) is 14.2 Å². The summed E-state index contributed by atoms with van der Waals surface area (Å²) in [6, 6.07) is 20.7. The molecular formula is C24H21F3O2. The molecule has 0 N–H and O–H groups in total. The zero-order valence-corrected chi connectivity index (χ0v) is 16.2. The summed E-state index contributed by atoms with van der Waals surface area (Å²) >= 11 is 0. The summed E-state index contributed by atoms with van der Waals surface area (Å²) in [7, 11) is 2.93. The van der Waals surface area contributed by atoms with Crippen LogP contribution < -0.4 is 9.47 Å². The summed E-state index contributed by atoms with van der Waals surface area (Å²) in [5.41, 5.74) is -0.191. The first-order chi connectivity index (χ1) is 13.9. The maximum atomic E-state index is 14.8. The maximum absolute atomic E-state index is 14.8. The Labute approximate surface area is 167 Å². The summed E-state index contributed by atoms with van der Waals surface area (Å²) < 4.78 is 55.2. The van der Waals surface area contributed by atoms with E-state index in [1.54, 1.807) is 36.4 Å². The zero-order chi connectivity index (χ0) is 20.6. The van der Waals surface area contributed by atoms with Gasteiger partial charge in [0.15, 0.2) is 11.5 Å². The van der Waals surface area contributed by atoms with E-state index in [0.717, 1.165) is 5.56 Å². The number of rotatable bonds is 4. The number of ether oxygens (including phenoxy) is 2. The molecule has 0 saturated heterocycles. The van der Waals surface area contributed by atoms with Crippen LogP contribution in [0.1, 0.15) is 34.6 Å². The topological polar surface area (TPSA) is 18.5 Å². The molecule has 4 rings (SSSR count). The van der Waals surface area contributed by atoms with Gasteiger partial charge < -0.3 is 9.47 Å². The van der Waals surface area contributed by atoms with E-state index in [2.05, 4.69) is 0 Å². The SMILES string of the molecule is COc1cc2c(cc1OC)[C@@](c1ccccc1)(C(F)(F)F)C[C@H]2c1ccccc1. The van der Waals surface area contributed by atoms with Crippen molar-refractivity contribution in [1.29, 1.82) is 0 Å². The molecule has 29 heavy (non-hydrogen) atoms. The van der Waals surface area contributed by atoms with Crippen molar-refractivity contribution in [3.63, 3.8) is 0 Å². The van der Waals surface area contributed by atoms with E-state index < -0.39 is 17.5 Å². The molecule has 0 aromatic heterocycles. The highest BCUT2D eigenvalue weighted by Crippen LogP contribution is 2.60. The molecule has 2 atom stereocenters. The van der Waals surface area contributed by atoms with Crippen LogP contribution in [-0.4, -0.2) is 20.4 Å². The van der Waals surface area contributed by atoms with Gasteiger partial charge in [0.2, 0.25) is 0 Å². The van der Waals surface area contributed by atoms with Crippen molar-refractivity contribution in [1.82, 2.24) is 0 Å². The van der Waals surface area contributed by atoms with E-state index in [4.69, 9.17) is 9.47 Å². The van der Waals surface area contributed by atoms with Gasteiger partial charge >= 0.3 is 6.18 Å². The molecule has 2 nitrogen and oxygen atoms in total. The van der Waals surface area contributed by atoms with Crippen LogP contribution in [0.15, 0.2) is 72.8 Å². The smallest absolute Gasteiger partial charge is 0.402 e. The minimum Gasteiger partial charge on any atom is -0.493 e. The number of benzene rings is 3. The second-order valence-corrected chi connectivity index (χ2v) is 7.23. The van der Waals surface area contributed by atoms with Gasteiger partial charge in [-0.05, 0) is 40.8 Å². The van der Waals surface area contributed by atoms with Crippen LogP contribution in [0.5, 0.6) is 11.5 Å². The highest BCUT2D eigenvalue weighted by molar-refractivity contribution is 5.60. The monoisotopic (exact) mass is 398 g/mol. The van der Waals surface area contributed by atoms with Crippen molar-refractivity contribution in [3.05, 3.63) is 95.1 Å². The lowest BCUT2D eigenvalue weighted by Crippen LogP contribution is -2.41. The average Bonchev–Trinajstić information content (AvgIpc) is 3.09. The molecule has 0 unspecified atom stereocenters. The second-order valence-electron chi connectivity index (χ2n) is 7.23. The van der Waals surface area contributed by atoms with Gasteiger partial charge in [0.25, 0.3) is 0 Å². The largest absolute Gasteiger partial charge is 0.493 e. The summed E-state index contributed by atoms with van der Waals surface area (Å²) in [6.45, 7) is 0. The van der Waals surface area contributed by atoms with Crippen molar-refractivity contribution in [3.8, 4) is 11.5 Å². The Morgan fingerprint density at radius 3 is 1.93 bits per heavy atom. The summed E-state index contributed by atoms with van der Waals surface area (Å²) in [4.78, 5) is 0. The van der Waals surface area contributed by atoms with Gasteiger partial charge in [0, 0.05) is 5.92 Å². The van der Waals surface area contributed by atoms with Crippen LogP contribution in [0.4, 0.5) is 13.2 Å². The second kappa shape index (κ2) is 7.14. The number of halogens is 3. The molecule has 0 fully saturated rings. The Morgan fingerprint density at radius 1 is 0.828 bits per heavy atom. The molecule has 0 aliphatic heterocycles. The number of fused-ring (bicyclic) bond motifs is 1. The lowest BCUT2D eigenvalue weighted by molar-refractivity contribution is -0.178. The van der Waals surface area contributed by atoms with Gasteiger partial charge in [0.05, 0.1) is 14.2 Å². The Balaban J connectivity index is 2.05. The molecule has 1 aliphatic rings. The van der Waals surface area contributed by atoms with E-state index in [-0.39, 0.29) is 17.5 Å². The number of alkyl halides is 3. The van der Waals surface area contributed by atoms with E-state index in [9.17, 15) is 13.2 Å². The van der Waals surface area contributed by atoms with Crippen LogP contribution in [0, 0.1) is 0 Å². The first-order valence-corrected chi connectivity index (χ1v) is 9.36. The standard InChI is InChI=1S/C24H21F3O2/c1-28-21-13-18-19(16-9-5-3-6-10-16)15-23(24(25,26)27,17-11-7-4-8-12-17)20(18)14-22(21)29-2/h3-14,19H,15H2,1-2H3/t19-,23+/m0/s1. The normalized spacial score (nSPS) is 20.9. The van der Waals surface area contributed by atoms with Gasteiger partial charge in [-0.3, -0.25) is 0 Å². The third-order valence-corrected chi connectivity index (χ3v) is 5.85. The Hall–Kier alpha value is -2.95. The summed E-state index contributed by atoms with van der Waals surface area (Å²) in [5, 5.41) is 0. The molecule has 0 radical (unpaired) electrons. The molecule has 0 bridgehead atoms. The number of hydrogen-bond acceptors (Lipinski definition) is 2. The molecular weight excluding hydrogens is 377 g/mol. The summed E-state index contributed by atoms with van der Waals surface area (Å²) in [5.74, 6) is 0.315. The van der Waals surface area contributed by atoms with Gasteiger partial charge in [-0.2, -0.15) is 13.2 Å². The molecule has 3 aromatic carbocycles. The minimum absolute atomic E-state index is 0.101. The highest BCUT2D eigenvalue weighted by atomic mass is 19.4. The fraction of sp³-hybridized carbons (Fsp3) is 0.250. The van der Waals surface area contributed by atoms with Crippen molar-refractivity contribution in [2.45, 2.75) is 23.9 Å². The van der Waals surface area contributed by atoms with Crippen LogP contribution in [0.3, 0.4) is 0 Å². The van der Waals surface area contributed by atoms with E-state index in [0.29, 0.717) is 17.1 Å². The minimum atomic E-state index is -4.48. The van der Waals surface area contributed by atoms with Crippen molar-refractivity contribution >= 4 is 0 Å². The highest BCUT2D eigenvalue weighted by Gasteiger charge is 2.62. The third kappa shape index (κ3) is 2.96. The van der Waals surface area contributed by atoms with Gasteiger partial charge in [-0.15, -0.1) is 0 Å². The molecule has 0 saturated carbocycles. The molecule has 0 spiro atoms. The molecule has 150 valence electrons. The van der Waals surface area contributed by atoms with E-state index >= 15 is 0 Å².